The van der Waals surface area contributed by atoms with Crippen molar-refractivity contribution in [1.29, 1.82) is 0 Å². The quantitative estimate of drug-likeness (QED) is 0.348. The number of anilines is 1. The summed E-state index contributed by atoms with van der Waals surface area (Å²) in [4.78, 5) is 42.7. The highest BCUT2D eigenvalue weighted by Crippen LogP contribution is 2.41. The third-order valence-electron chi connectivity index (χ3n) is 11.0. The van der Waals surface area contributed by atoms with E-state index in [0.717, 1.165) is 51.4 Å². The number of likely N-dealkylation sites (tertiary alicyclic amines) is 1. The Labute approximate surface area is 276 Å². The maximum Gasteiger partial charge on any atom is 0.304 e. The number of hydrogen-bond donors (Lipinski definition) is 3. The maximum atomic E-state index is 14.1. The molecule has 3 atom stereocenters. The first-order valence-electron chi connectivity index (χ1n) is 17.4. The van der Waals surface area contributed by atoms with Gasteiger partial charge in [0.1, 0.15) is 18.3 Å². The molecule has 258 valence electrons. The van der Waals surface area contributed by atoms with Crippen molar-refractivity contribution in [2.24, 2.45) is 29.4 Å². The predicted molar refractivity (Wildman–Crippen MR) is 176 cm³/mol. The van der Waals surface area contributed by atoms with Gasteiger partial charge in [0.05, 0.1) is 0 Å². The van der Waals surface area contributed by atoms with Gasteiger partial charge in [-0.2, -0.15) is 12.7 Å². The van der Waals surface area contributed by atoms with E-state index in [9.17, 15) is 27.2 Å². The summed E-state index contributed by atoms with van der Waals surface area (Å²) in [5.41, 5.74) is 6.83. The average molecular weight is 674 g/mol. The van der Waals surface area contributed by atoms with Crippen LogP contribution in [-0.4, -0.2) is 73.7 Å². The average Bonchev–Trinajstić information content (AvgIpc) is 3.73. The summed E-state index contributed by atoms with van der Waals surface area (Å²) < 4.78 is 47.7. The molecule has 0 spiro atoms. The van der Waals surface area contributed by atoms with Crippen LogP contribution in [0.2, 0.25) is 0 Å². The predicted octanol–water partition coefficient (Wildman–Crippen LogP) is 4.73. The van der Waals surface area contributed by atoms with Crippen LogP contribution in [0.5, 0.6) is 0 Å². The van der Waals surface area contributed by atoms with Crippen LogP contribution in [0.15, 0.2) is 28.7 Å². The fraction of sp³-hybridized carbons (Fsp3) is 0.676. The molecule has 11 nitrogen and oxygen atoms in total. The number of nitrogens with two attached hydrogens (primary N) is 1. The van der Waals surface area contributed by atoms with Gasteiger partial charge in [-0.25, -0.2) is 9.11 Å². The minimum absolute atomic E-state index is 0.0103. The second-order valence-electron chi connectivity index (χ2n) is 14.0. The minimum atomic E-state index is -3.98. The molecular formula is C34H48FN5O6S. The normalized spacial score (nSPS) is 27.1. The Morgan fingerprint density at radius 2 is 1.62 bits per heavy atom. The lowest BCUT2D eigenvalue weighted by Gasteiger charge is -2.36. The first-order valence-corrected chi connectivity index (χ1v) is 18.9. The maximum absolute atomic E-state index is 14.1. The highest BCUT2D eigenvalue weighted by molar-refractivity contribution is 7.87. The molecule has 0 bridgehead atoms. The molecule has 2 saturated carbocycles. The number of amides is 3. The first-order chi connectivity index (χ1) is 22.6. The van der Waals surface area contributed by atoms with Crippen molar-refractivity contribution in [3.8, 4) is 0 Å². The molecule has 2 aliphatic carbocycles. The summed E-state index contributed by atoms with van der Waals surface area (Å²) in [5, 5.41) is 3.58. The van der Waals surface area contributed by atoms with Gasteiger partial charge in [0, 0.05) is 42.7 Å². The van der Waals surface area contributed by atoms with E-state index in [1.807, 2.05) is 0 Å². The molecule has 3 amide bonds. The van der Waals surface area contributed by atoms with Crippen LogP contribution < -0.4 is 15.8 Å². The van der Waals surface area contributed by atoms with Crippen molar-refractivity contribution in [1.82, 2.24) is 13.9 Å². The van der Waals surface area contributed by atoms with Gasteiger partial charge in [-0.05, 0) is 87.0 Å². The lowest BCUT2D eigenvalue weighted by Crippen LogP contribution is -2.50. The molecular weight excluding hydrogens is 625 g/mol. The number of hydrogen-bond acceptors (Lipinski definition) is 7. The smallest absolute Gasteiger partial charge is 0.304 e. The SMILES string of the molecule is N[C@H](CF)C1CCC(C(=O)N2CC[C@@H](C3CCCCC3)[C@H]2C(=O)Nc2ccc3oc(C(=O)NS(=O)(=O)N4CCCCC4)cc3c2)CC1. The number of carbonyl (C=O) groups excluding carboxylic acids is 3. The Kier molecular flexibility index (Phi) is 10.5. The number of nitrogens with zero attached hydrogens (tertiary/aromatic N) is 2. The molecule has 47 heavy (non-hydrogen) atoms. The molecule has 4 aliphatic rings. The fourth-order valence-corrected chi connectivity index (χ4v) is 9.60. The third kappa shape index (κ3) is 7.51. The Morgan fingerprint density at radius 3 is 2.32 bits per heavy atom. The molecule has 1 aromatic carbocycles. The highest BCUT2D eigenvalue weighted by atomic mass is 32.2. The van der Waals surface area contributed by atoms with Crippen molar-refractivity contribution in [2.75, 3.05) is 31.6 Å². The molecule has 13 heteroatoms. The van der Waals surface area contributed by atoms with E-state index in [1.54, 1.807) is 23.1 Å². The highest BCUT2D eigenvalue weighted by Gasteiger charge is 2.47. The third-order valence-corrected chi connectivity index (χ3v) is 12.5. The van der Waals surface area contributed by atoms with Gasteiger partial charge in [-0.15, -0.1) is 0 Å². The second kappa shape index (κ2) is 14.6. The van der Waals surface area contributed by atoms with Gasteiger partial charge >= 0.3 is 16.1 Å². The van der Waals surface area contributed by atoms with Crippen LogP contribution in [-0.2, 0) is 19.8 Å². The van der Waals surface area contributed by atoms with E-state index in [1.165, 1.54) is 16.8 Å². The van der Waals surface area contributed by atoms with E-state index in [2.05, 4.69) is 10.0 Å². The summed E-state index contributed by atoms with van der Waals surface area (Å²) in [6.07, 6.45) is 11.6. The molecule has 6 rings (SSSR count). The Bertz CT molecular complexity index is 1550. The van der Waals surface area contributed by atoms with Crippen LogP contribution in [0, 0.1) is 23.7 Å². The van der Waals surface area contributed by atoms with Crippen LogP contribution in [0.3, 0.4) is 0 Å². The molecule has 2 saturated heterocycles. The summed E-state index contributed by atoms with van der Waals surface area (Å²) in [5.74, 6) is -0.863. The molecule has 0 unspecified atom stereocenters. The summed E-state index contributed by atoms with van der Waals surface area (Å²) in [6, 6.07) is 5.40. The van der Waals surface area contributed by atoms with Crippen molar-refractivity contribution in [2.45, 2.75) is 95.6 Å². The van der Waals surface area contributed by atoms with Gasteiger partial charge in [-0.3, -0.25) is 14.4 Å². The van der Waals surface area contributed by atoms with Gasteiger partial charge in [0.2, 0.25) is 11.8 Å². The molecule has 2 aliphatic heterocycles. The van der Waals surface area contributed by atoms with Crippen LogP contribution in [0.1, 0.15) is 94.0 Å². The standard InChI is InChI=1S/C34H48FN5O6S/c35-21-28(36)23-9-11-24(12-10-23)34(43)40-18-15-27(22-7-3-1-4-8-22)31(40)33(42)37-26-13-14-29-25(19-26)20-30(46-29)32(41)38-47(44,45)39-16-5-2-6-17-39/h13-14,19-20,22-24,27-28,31H,1-12,15-18,21,36H2,(H,37,42)(H,38,41)/t23?,24?,27-,28+,31-/m0/s1. The van der Waals surface area contributed by atoms with Crippen molar-refractivity contribution in [3.63, 3.8) is 0 Å². The number of rotatable bonds is 9. The van der Waals surface area contributed by atoms with Crippen molar-refractivity contribution in [3.05, 3.63) is 30.0 Å². The minimum Gasteiger partial charge on any atom is -0.451 e. The molecule has 1 aromatic heterocycles. The number of benzene rings is 1. The van der Waals surface area contributed by atoms with E-state index >= 15 is 0 Å². The van der Waals surface area contributed by atoms with Gasteiger partial charge in [0.15, 0.2) is 5.76 Å². The van der Waals surface area contributed by atoms with Crippen LogP contribution in [0.25, 0.3) is 11.0 Å². The molecule has 3 heterocycles. The van der Waals surface area contributed by atoms with E-state index in [0.29, 0.717) is 67.9 Å². The first kappa shape index (κ1) is 33.9. The number of carbonyl (C=O) groups is 3. The van der Waals surface area contributed by atoms with Crippen LogP contribution >= 0.6 is 0 Å². The van der Waals surface area contributed by atoms with E-state index in [-0.39, 0.29) is 35.3 Å². The summed E-state index contributed by atoms with van der Waals surface area (Å²) in [6.45, 7) is 0.726. The number of furan rings is 1. The lowest BCUT2D eigenvalue weighted by molar-refractivity contribution is -0.142. The van der Waals surface area contributed by atoms with Gasteiger partial charge in [-0.1, -0.05) is 38.5 Å². The molecule has 4 N–H and O–H groups in total. The van der Waals surface area contributed by atoms with E-state index < -0.39 is 34.9 Å². The number of alkyl halides is 1. The van der Waals surface area contributed by atoms with Gasteiger partial charge in [0.25, 0.3) is 0 Å². The zero-order valence-corrected chi connectivity index (χ0v) is 27.8. The Morgan fingerprint density at radius 1 is 0.915 bits per heavy atom. The zero-order chi connectivity index (χ0) is 33.1. The molecule has 2 aromatic rings. The number of fused-ring (bicyclic) bond motifs is 1. The molecule has 4 fully saturated rings. The monoisotopic (exact) mass is 673 g/mol. The van der Waals surface area contributed by atoms with E-state index in [4.69, 9.17) is 10.2 Å². The van der Waals surface area contributed by atoms with Gasteiger partial charge < -0.3 is 20.4 Å². The Hall–Kier alpha value is -3.03. The Balaban J connectivity index is 1.16. The number of piperidine rings is 1. The summed E-state index contributed by atoms with van der Waals surface area (Å²) >= 11 is 0. The topological polar surface area (TPSA) is 155 Å². The fourth-order valence-electron chi connectivity index (χ4n) is 8.40. The number of halogens is 1. The lowest BCUT2D eigenvalue weighted by atomic mass is 9.76. The van der Waals surface area contributed by atoms with Crippen molar-refractivity contribution < 1.29 is 31.6 Å². The molecule has 0 radical (unpaired) electrons. The zero-order valence-electron chi connectivity index (χ0n) is 27.0. The second-order valence-corrected chi connectivity index (χ2v) is 15.7. The summed E-state index contributed by atoms with van der Waals surface area (Å²) in [7, 11) is -3.98. The van der Waals surface area contributed by atoms with Crippen molar-refractivity contribution >= 4 is 44.6 Å². The number of nitrogens with one attached hydrogen (secondary N) is 2. The largest absolute Gasteiger partial charge is 0.451 e. The van der Waals surface area contributed by atoms with Crippen LogP contribution in [0.4, 0.5) is 10.1 Å².